The van der Waals surface area contributed by atoms with Crippen molar-refractivity contribution < 1.29 is 38.7 Å². The van der Waals surface area contributed by atoms with Crippen LogP contribution in [0.3, 0.4) is 0 Å². The first-order valence-corrected chi connectivity index (χ1v) is 9.04. The smallest absolute Gasteiger partial charge is 0.187 e. The molecule has 12 heteroatoms. The Morgan fingerprint density at radius 3 is 0.905 bits per heavy atom. The first kappa shape index (κ1) is 32.9. The zero-order chi connectivity index (χ0) is 17.4. The molecule has 0 radical (unpaired) electrons. The topological polar surface area (TPSA) is 143 Å². The van der Waals surface area contributed by atoms with Gasteiger partial charge >= 0.3 is 0 Å². The molecule has 0 aliphatic heterocycles. The molecular formula is C9H19Cl3N3O4SiZn-3. The van der Waals surface area contributed by atoms with Crippen LogP contribution in [0.15, 0.2) is 0 Å². The molecule has 0 fully saturated rings. The van der Waals surface area contributed by atoms with Crippen molar-refractivity contribution >= 4 is 59.2 Å². The van der Waals surface area contributed by atoms with Gasteiger partial charge in [0.15, 0.2) is 8.32 Å². The van der Waals surface area contributed by atoms with E-state index in [1.54, 1.807) is 0 Å². The van der Waals surface area contributed by atoms with Crippen molar-refractivity contribution in [1.82, 2.24) is 0 Å². The van der Waals surface area contributed by atoms with E-state index in [0.29, 0.717) is 0 Å². The van der Waals surface area contributed by atoms with Crippen molar-refractivity contribution in [2.45, 2.75) is 38.9 Å². The number of nitrogens with one attached hydrogen (secondary N) is 3. The van der Waals surface area contributed by atoms with Crippen LogP contribution < -0.4 is 0 Å². The van der Waals surface area contributed by atoms with Gasteiger partial charge in [-0.1, -0.05) is 55.6 Å². The summed E-state index contributed by atoms with van der Waals surface area (Å²) in [5.41, 5.74) is 17.1. The molecule has 0 bridgehead atoms. The molecule has 0 rings (SSSR count). The Kier molecular flexibility index (Phi) is 35.0. The maximum Gasteiger partial charge on any atom is 0.187 e. The molecule has 0 aromatic rings. The third-order valence-electron chi connectivity index (χ3n) is 1.97. The van der Waals surface area contributed by atoms with E-state index in [9.17, 15) is 4.80 Å². The van der Waals surface area contributed by atoms with Crippen molar-refractivity contribution in [2.24, 2.45) is 0 Å². The number of carbonyl (C=O) groups excluding carboxylic acids is 3. The van der Waals surface area contributed by atoms with Crippen molar-refractivity contribution in [1.29, 1.82) is 0 Å². The Bertz CT molecular complexity index is 236. The summed E-state index contributed by atoms with van der Waals surface area (Å²) in [4.78, 5) is 36.2. The summed E-state index contributed by atoms with van der Waals surface area (Å²) in [6, 6.07) is 3.04. The summed E-state index contributed by atoms with van der Waals surface area (Å²) >= 11 is 12.9. The molecule has 4 N–H and O–H groups in total. The van der Waals surface area contributed by atoms with Crippen LogP contribution in [0.25, 0.3) is 17.2 Å². The molecule has 0 heterocycles. The molecule has 0 saturated carbocycles. The van der Waals surface area contributed by atoms with Crippen molar-refractivity contribution in [2.75, 3.05) is 0 Å². The van der Waals surface area contributed by atoms with Crippen LogP contribution in [0.5, 0.6) is 0 Å². The van der Waals surface area contributed by atoms with Gasteiger partial charge in [-0.25, -0.2) is 0 Å². The average Bonchev–Trinajstić information content (AvgIpc) is 2.26. The van der Waals surface area contributed by atoms with Gasteiger partial charge in [0, 0.05) is 19.5 Å². The van der Waals surface area contributed by atoms with Gasteiger partial charge in [-0.05, 0) is 18.1 Å². The third-order valence-corrected chi connectivity index (χ3v) is 5.92. The maximum absolute atomic E-state index is 9.58. The summed E-state index contributed by atoms with van der Waals surface area (Å²) < 4.78 is 0. The normalized spacial score (nSPS) is 8.14. The zero-order valence-electron chi connectivity index (χ0n) is 12.1. The monoisotopic (exact) mass is 430 g/mol. The summed E-state index contributed by atoms with van der Waals surface area (Å²) in [6.45, 7) is 6.25. The van der Waals surface area contributed by atoms with Crippen LogP contribution in [0, 0.1) is 0 Å². The molecule has 0 spiro atoms. The van der Waals surface area contributed by atoms with Gasteiger partial charge in [0.25, 0.3) is 0 Å². The average molecular weight is 433 g/mol. The number of halogens is 3. The molecule has 0 saturated heterocycles. The molecule has 0 aliphatic carbocycles. The van der Waals surface area contributed by atoms with Crippen molar-refractivity contribution in [3.05, 3.63) is 17.2 Å². The first-order valence-electron chi connectivity index (χ1n) is 5.33. The number of hydrogen-bond donors (Lipinski definition) is 1. The fourth-order valence-electron chi connectivity index (χ4n) is 0.750. The molecule has 7 nitrogen and oxygen atoms in total. The van der Waals surface area contributed by atoms with Crippen LogP contribution in [0.1, 0.15) is 20.8 Å². The summed E-state index contributed by atoms with van der Waals surface area (Å²) in [5, 5.41) is -3.33. The van der Waals surface area contributed by atoms with E-state index >= 15 is 0 Å². The summed E-state index contributed by atoms with van der Waals surface area (Å²) in [6.07, 6.45) is 0. The van der Waals surface area contributed by atoms with E-state index < -0.39 is 24.4 Å². The van der Waals surface area contributed by atoms with Crippen LogP contribution in [-0.4, -0.2) is 29.2 Å². The van der Waals surface area contributed by atoms with Gasteiger partial charge in [0.05, 0.1) is 0 Å². The Morgan fingerprint density at radius 1 is 0.810 bits per heavy atom. The second kappa shape index (κ2) is 22.4. The largest absolute Gasteiger partial charge is 0.654 e. The number of hydrogen-bond acceptors (Lipinski definition) is 4. The van der Waals surface area contributed by atoms with Gasteiger partial charge in [0.1, 0.15) is 16.1 Å². The molecule has 0 aliphatic rings. The quantitative estimate of drug-likeness (QED) is 0.322. The Balaban J connectivity index is -0.0000000570. The molecule has 0 aromatic heterocycles. The van der Waals surface area contributed by atoms with Crippen molar-refractivity contribution in [3.8, 4) is 0 Å². The first-order chi connectivity index (χ1) is 8.88. The predicted octanol–water partition coefficient (Wildman–Crippen LogP) is 6.17. The minimum atomic E-state index is -1.67. The number of rotatable bonds is 3. The van der Waals surface area contributed by atoms with Gasteiger partial charge in [-0.3, -0.25) is 0 Å². The summed E-state index contributed by atoms with van der Waals surface area (Å²) in [5.74, 6) is 0. The molecular weight excluding hydrogens is 414 g/mol. The number of amides is 3. The van der Waals surface area contributed by atoms with E-state index in [1.807, 2.05) is 0 Å². The molecule has 124 valence electrons. The molecule has 3 amide bonds. The van der Waals surface area contributed by atoms with Gasteiger partial charge in [-0.2, -0.15) is 0 Å². The second-order valence-electron chi connectivity index (χ2n) is 3.11. The third kappa shape index (κ3) is 79.6. The minimum absolute atomic E-state index is 0. The Morgan fingerprint density at radius 2 is 0.905 bits per heavy atom. The van der Waals surface area contributed by atoms with Gasteiger partial charge in [-0.15, -0.1) is 0 Å². The molecule has 21 heavy (non-hydrogen) atoms. The second-order valence-corrected chi connectivity index (χ2v) is 8.71. The maximum atomic E-state index is 9.58. The minimum Gasteiger partial charge on any atom is -0.654 e. The standard InChI is InChI=1S/C6H16OSi.3CH2ClNO.Zn/c1-4-8(7,5-2)6-3;3*2-1(3)4;/h7H,4-6H2,1-3H3;3*(H2,3,4);/p-3. The summed E-state index contributed by atoms with van der Waals surface area (Å²) in [7, 11) is -1.67. The fraction of sp³-hybridized carbons (Fsp3) is 0.667. The predicted molar refractivity (Wildman–Crippen MR) is 86.1 cm³/mol. The van der Waals surface area contributed by atoms with E-state index in [0.717, 1.165) is 18.1 Å². The molecule has 0 unspecified atom stereocenters. The van der Waals surface area contributed by atoms with Crippen LogP contribution in [-0.2, 0) is 19.5 Å². The van der Waals surface area contributed by atoms with Crippen molar-refractivity contribution in [3.63, 3.8) is 0 Å². The Labute approximate surface area is 153 Å². The van der Waals surface area contributed by atoms with E-state index in [2.05, 4.69) is 55.6 Å². The van der Waals surface area contributed by atoms with Crippen LogP contribution >= 0.6 is 34.8 Å². The van der Waals surface area contributed by atoms with E-state index in [1.165, 1.54) is 0 Å². The fourth-order valence-corrected chi connectivity index (χ4v) is 2.25. The van der Waals surface area contributed by atoms with E-state index in [4.69, 9.17) is 31.6 Å². The van der Waals surface area contributed by atoms with Gasteiger partial charge < -0.3 is 36.4 Å². The Hall–Kier alpha value is 0.0803. The van der Waals surface area contributed by atoms with Gasteiger partial charge in [0.2, 0.25) is 0 Å². The van der Waals surface area contributed by atoms with Crippen LogP contribution in [0.4, 0.5) is 14.4 Å². The molecule has 0 atom stereocenters. The SMILES string of the molecule is CC[Si](O)(CC)CC.[NH-]C(=O)Cl.[NH-]C(=O)Cl.[NH-]C(=O)Cl.[Zn]. The van der Waals surface area contributed by atoms with Crippen LogP contribution in [0.2, 0.25) is 18.1 Å². The zero-order valence-corrected chi connectivity index (χ0v) is 18.4. The number of carbonyl (C=O) groups is 3. The molecule has 0 aromatic carbocycles. The van der Waals surface area contributed by atoms with E-state index in [-0.39, 0.29) is 19.5 Å².